The van der Waals surface area contributed by atoms with Crippen LogP contribution in [0.1, 0.15) is 57.8 Å². The van der Waals surface area contributed by atoms with Crippen molar-refractivity contribution in [2.24, 2.45) is 0 Å². The van der Waals surface area contributed by atoms with Gasteiger partial charge in [0.2, 0.25) is 0 Å². The van der Waals surface area contributed by atoms with Gasteiger partial charge < -0.3 is 4.42 Å². The molecule has 0 bridgehead atoms. The van der Waals surface area contributed by atoms with E-state index in [1.54, 1.807) is 18.0 Å². The highest BCUT2D eigenvalue weighted by Crippen LogP contribution is 2.33. The van der Waals surface area contributed by atoms with Crippen molar-refractivity contribution in [1.82, 2.24) is 14.8 Å². The van der Waals surface area contributed by atoms with Gasteiger partial charge in [-0.15, -0.1) is 10.2 Å². The number of Topliss-reactive ketones (excluding diaryl/α,β-unsaturated/α-hetero) is 1. The molecule has 0 saturated heterocycles. The summed E-state index contributed by atoms with van der Waals surface area (Å²) in [5, 5.41) is 9.69. The topological polar surface area (TPSA) is 60.9 Å². The molecule has 5 nitrogen and oxygen atoms in total. The predicted molar refractivity (Wildman–Crippen MR) is 115 cm³/mol. The molecule has 0 spiro atoms. The van der Waals surface area contributed by atoms with Crippen LogP contribution in [-0.4, -0.2) is 25.8 Å². The van der Waals surface area contributed by atoms with Crippen molar-refractivity contribution in [3.8, 4) is 11.4 Å². The maximum absolute atomic E-state index is 12.3. The second-order valence-corrected chi connectivity index (χ2v) is 9.79. The van der Waals surface area contributed by atoms with Crippen LogP contribution < -0.4 is 0 Å². The minimum atomic E-state index is -0.0283. The lowest BCUT2D eigenvalue weighted by Gasteiger charge is -2.20. The van der Waals surface area contributed by atoms with Crippen LogP contribution in [0, 0.1) is 0 Å². The van der Waals surface area contributed by atoms with Crippen molar-refractivity contribution >= 4 is 17.5 Å². The summed E-state index contributed by atoms with van der Waals surface area (Å²) in [5.74, 6) is 1.96. The van der Waals surface area contributed by atoms with E-state index in [1.165, 1.54) is 5.56 Å². The zero-order valence-corrected chi connectivity index (χ0v) is 18.0. The Bertz CT molecular complexity index is 969. The van der Waals surface area contributed by atoms with Crippen LogP contribution in [0.5, 0.6) is 0 Å². The van der Waals surface area contributed by atoms with Crippen molar-refractivity contribution in [2.45, 2.75) is 68.8 Å². The van der Waals surface area contributed by atoms with Crippen molar-refractivity contribution in [2.75, 3.05) is 0 Å². The third-order valence-corrected chi connectivity index (χ3v) is 6.66. The summed E-state index contributed by atoms with van der Waals surface area (Å²) in [5.41, 5.74) is 2.39. The average molecular weight is 410 g/mol. The monoisotopic (exact) mass is 409 g/mol. The molecule has 1 aliphatic rings. The number of rotatable bonds is 5. The van der Waals surface area contributed by atoms with Gasteiger partial charge in [-0.1, -0.05) is 63.2 Å². The average Bonchev–Trinajstić information content (AvgIpc) is 3.34. The van der Waals surface area contributed by atoms with Crippen molar-refractivity contribution in [3.05, 3.63) is 54.0 Å². The van der Waals surface area contributed by atoms with Gasteiger partial charge in [-0.05, 0) is 36.0 Å². The molecule has 3 aromatic rings. The Labute approximate surface area is 175 Å². The van der Waals surface area contributed by atoms with Crippen LogP contribution in [0.3, 0.4) is 0 Å². The minimum absolute atomic E-state index is 0.0283. The summed E-state index contributed by atoms with van der Waals surface area (Å²) >= 11 is 1.54. The lowest BCUT2D eigenvalue weighted by molar-refractivity contribution is -0.119. The summed E-state index contributed by atoms with van der Waals surface area (Å²) in [6.07, 6.45) is 5.35. The smallest absolute Gasteiger partial charge is 0.192 e. The van der Waals surface area contributed by atoms with Gasteiger partial charge in [-0.2, -0.15) is 0 Å². The summed E-state index contributed by atoms with van der Waals surface area (Å²) in [6.45, 7) is 7.16. The summed E-state index contributed by atoms with van der Waals surface area (Å²) in [6, 6.07) is 12.3. The van der Waals surface area contributed by atoms with E-state index in [9.17, 15) is 4.79 Å². The third-order valence-electron chi connectivity index (χ3n) is 5.37. The molecular weight excluding hydrogens is 382 g/mol. The Morgan fingerprint density at radius 2 is 1.93 bits per heavy atom. The largest absolute Gasteiger partial charge is 0.467 e. The van der Waals surface area contributed by atoms with E-state index in [0.29, 0.717) is 18.7 Å². The van der Waals surface area contributed by atoms with E-state index in [4.69, 9.17) is 4.42 Å². The third kappa shape index (κ3) is 4.47. The van der Waals surface area contributed by atoms with E-state index >= 15 is 0 Å². The molecule has 6 heteroatoms. The Hall–Kier alpha value is -2.34. The van der Waals surface area contributed by atoms with Gasteiger partial charge in [0.25, 0.3) is 0 Å². The van der Waals surface area contributed by atoms with Crippen LogP contribution in [0.4, 0.5) is 0 Å². The van der Waals surface area contributed by atoms with E-state index in [0.717, 1.165) is 41.6 Å². The highest BCUT2D eigenvalue weighted by molar-refractivity contribution is 8.00. The summed E-state index contributed by atoms with van der Waals surface area (Å²) in [4.78, 5) is 12.3. The normalized spacial score (nSPS) is 17.6. The molecule has 2 heterocycles. The Kier molecular flexibility index (Phi) is 5.63. The van der Waals surface area contributed by atoms with Gasteiger partial charge in [-0.25, -0.2) is 0 Å². The maximum atomic E-state index is 12.3. The van der Waals surface area contributed by atoms with Crippen LogP contribution in [0.15, 0.2) is 52.2 Å². The van der Waals surface area contributed by atoms with E-state index in [2.05, 4.69) is 59.8 Å². The molecular formula is C23H27N3O2S. The first-order chi connectivity index (χ1) is 13.9. The van der Waals surface area contributed by atoms with Gasteiger partial charge in [0.1, 0.15) is 11.5 Å². The lowest BCUT2D eigenvalue weighted by atomic mass is 9.87. The number of benzene rings is 1. The number of nitrogens with zero attached hydrogens (tertiary/aromatic N) is 3. The number of hydrogen-bond acceptors (Lipinski definition) is 5. The molecule has 0 radical (unpaired) electrons. The molecule has 0 amide bonds. The number of ketones is 1. The van der Waals surface area contributed by atoms with Gasteiger partial charge >= 0.3 is 0 Å². The van der Waals surface area contributed by atoms with Gasteiger partial charge in [0.15, 0.2) is 11.0 Å². The zero-order chi connectivity index (χ0) is 20.4. The van der Waals surface area contributed by atoms with Crippen molar-refractivity contribution in [1.29, 1.82) is 0 Å². The summed E-state index contributed by atoms with van der Waals surface area (Å²) < 4.78 is 7.64. The van der Waals surface area contributed by atoms with Gasteiger partial charge in [0, 0.05) is 12.0 Å². The van der Waals surface area contributed by atoms with E-state index < -0.39 is 0 Å². The number of carbonyl (C=O) groups is 1. The predicted octanol–water partition coefficient (Wildman–Crippen LogP) is 5.49. The fourth-order valence-corrected chi connectivity index (χ4v) is 4.77. The molecule has 1 aromatic carbocycles. The molecule has 2 aromatic heterocycles. The van der Waals surface area contributed by atoms with Gasteiger partial charge in [0.05, 0.1) is 18.1 Å². The molecule has 152 valence electrons. The second kappa shape index (κ2) is 8.19. The molecule has 0 unspecified atom stereocenters. The number of thioether (sulfide) groups is 1. The number of carbonyl (C=O) groups excluding carboxylic acids is 1. The van der Waals surface area contributed by atoms with E-state index in [-0.39, 0.29) is 10.7 Å². The molecule has 1 saturated carbocycles. The highest BCUT2D eigenvalue weighted by atomic mass is 32.2. The Balaban J connectivity index is 1.67. The maximum Gasteiger partial charge on any atom is 0.192 e. The number of aromatic nitrogens is 3. The van der Waals surface area contributed by atoms with Crippen LogP contribution in [0.25, 0.3) is 11.4 Å². The molecule has 1 atom stereocenters. The number of hydrogen-bond donors (Lipinski definition) is 0. The summed E-state index contributed by atoms with van der Waals surface area (Å²) in [7, 11) is 0. The molecule has 0 aliphatic heterocycles. The Morgan fingerprint density at radius 1 is 1.14 bits per heavy atom. The minimum Gasteiger partial charge on any atom is -0.467 e. The molecule has 1 fully saturated rings. The van der Waals surface area contributed by atoms with Crippen LogP contribution in [-0.2, 0) is 16.8 Å². The zero-order valence-electron chi connectivity index (χ0n) is 17.2. The molecule has 4 rings (SSSR count). The molecule has 0 N–H and O–H groups in total. The Morgan fingerprint density at radius 3 is 2.59 bits per heavy atom. The first kappa shape index (κ1) is 20.0. The molecule has 29 heavy (non-hydrogen) atoms. The van der Waals surface area contributed by atoms with Crippen molar-refractivity contribution in [3.63, 3.8) is 0 Å². The lowest BCUT2D eigenvalue weighted by Crippen LogP contribution is -2.22. The van der Waals surface area contributed by atoms with E-state index in [1.807, 2.05) is 12.1 Å². The fourth-order valence-electron chi connectivity index (χ4n) is 3.61. The van der Waals surface area contributed by atoms with Crippen LogP contribution >= 0.6 is 11.8 Å². The SMILES string of the molecule is CC(C)(C)c1ccc(-c2nnc(S[C@@H]3CCCCC3=O)n2Cc2ccco2)cc1. The van der Waals surface area contributed by atoms with Gasteiger partial charge in [-0.3, -0.25) is 9.36 Å². The van der Waals surface area contributed by atoms with Crippen molar-refractivity contribution < 1.29 is 9.21 Å². The number of furan rings is 1. The first-order valence-corrected chi connectivity index (χ1v) is 11.1. The first-order valence-electron chi connectivity index (χ1n) is 10.2. The molecule has 1 aliphatic carbocycles. The van der Waals surface area contributed by atoms with Crippen LogP contribution in [0.2, 0.25) is 0 Å². The quantitative estimate of drug-likeness (QED) is 0.558. The second-order valence-electron chi connectivity index (χ2n) is 8.62. The fraction of sp³-hybridized carbons (Fsp3) is 0.435. The standard InChI is InChI=1S/C23H27N3O2S/c1-23(2,3)17-12-10-16(11-13-17)21-24-25-22(26(21)15-18-7-6-14-28-18)29-20-9-5-4-8-19(20)27/h6-7,10-14,20H,4-5,8-9,15H2,1-3H3/t20-/m1/s1. The highest BCUT2D eigenvalue weighted by Gasteiger charge is 2.27.